The topological polar surface area (TPSA) is 12.9 Å². The van der Waals surface area contributed by atoms with Crippen molar-refractivity contribution < 1.29 is 4.39 Å². The molecule has 0 saturated heterocycles. The first kappa shape index (κ1) is 10.4. The van der Waals surface area contributed by atoms with E-state index in [9.17, 15) is 4.39 Å². The highest BCUT2D eigenvalue weighted by molar-refractivity contribution is 6.42. The molecule has 2 rings (SSSR count). The highest BCUT2D eigenvalue weighted by atomic mass is 35.5. The zero-order chi connectivity index (χ0) is 10.8. The molecular formula is C11H6Cl2FN. The van der Waals surface area contributed by atoms with Crippen molar-refractivity contribution in [2.75, 3.05) is 0 Å². The van der Waals surface area contributed by atoms with E-state index in [1.54, 1.807) is 30.3 Å². The molecule has 0 unspecified atom stereocenters. The van der Waals surface area contributed by atoms with Crippen LogP contribution < -0.4 is 0 Å². The van der Waals surface area contributed by atoms with E-state index in [0.717, 1.165) is 5.56 Å². The van der Waals surface area contributed by atoms with E-state index >= 15 is 0 Å². The van der Waals surface area contributed by atoms with Crippen LogP contribution in [0.2, 0.25) is 10.0 Å². The molecule has 2 aromatic rings. The molecule has 15 heavy (non-hydrogen) atoms. The van der Waals surface area contributed by atoms with Crippen molar-refractivity contribution in [1.29, 1.82) is 0 Å². The van der Waals surface area contributed by atoms with E-state index in [1.807, 2.05) is 0 Å². The number of aromatic nitrogens is 1. The van der Waals surface area contributed by atoms with Gasteiger partial charge in [-0.15, -0.1) is 0 Å². The van der Waals surface area contributed by atoms with E-state index in [2.05, 4.69) is 4.98 Å². The number of rotatable bonds is 1. The van der Waals surface area contributed by atoms with Crippen LogP contribution in [0.3, 0.4) is 0 Å². The van der Waals surface area contributed by atoms with E-state index in [1.165, 1.54) is 6.07 Å². The Morgan fingerprint density at radius 3 is 2.47 bits per heavy atom. The third-order valence-electron chi connectivity index (χ3n) is 1.93. The Bertz CT molecular complexity index is 500. The van der Waals surface area contributed by atoms with E-state index in [0.29, 0.717) is 15.7 Å². The van der Waals surface area contributed by atoms with Crippen LogP contribution in [0, 0.1) is 5.95 Å². The van der Waals surface area contributed by atoms with Crippen LogP contribution in [0.25, 0.3) is 11.3 Å². The molecule has 0 bridgehead atoms. The van der Waals surface area contributed by atoms with Crippen LogP contribution in [-0.4, -0.2) is 4.98 Å². The van der Waals surface area contributed by atoms with Gasteiger partial charge in [0.25, 0.3) is 0 Å². The second-order valence-electron chi connectivity index (χ2n) is 2.97. The Balaban J connectivity index is 2.50. The lowest BCUT2D eigenvalue weighted by atomic mass is 10.1. The van der Waals surface area contributed by atoms with Crippen molar-refractivity contribution in [1.82, 2.24) is 4.98 Å². The number of pyridine rings is 1. The molecule has 76 valence electrons. The fourth-order valence-electron chi connectivity index (χ4n) is 1.22. The average Bonchev–Trinajstić information content (AvgIpc) is 2.22. The average molecular weight is 242 g/mol. The summed E-state index contributed by atoms with van der Waals surface area (Å²) in [5, 5.41) is 0.900. The summed E-state index contributed by atoms with van der Waals surface area (Å²) in [7, 11) is 0. The normalized spacial score (nSPS) is 10.3. The molecule has 1 aromatic heterocycles. The SMILES string of the molecule is Fc1cccc(-c2ccc(Cl)c(Cl)c2)n1. The lowest BCUT2D eigenvalue weighted by Gasteiger charge is -2.02. The molecule has 0 saturated carbocycles. The Hall–Kier alpha value is -1.12. The van der Waals surface area contributed by atoms with Crippen LogP contribution >= 0.6 is 23.2 Å². The third-order valence-corrected chi connectivity index (χ3v) is 2.67. The Kier molecular flexibility index (Phi) is 2.89. The minimum atomic E-state index is -0.515. The predicted octanol–water partition coefficient (Wildman–Crippen LogP) is 4.19. The summed E-state index contributed by atoms with van der Waals surface area (Å²) >= 11 is 11.6. The van der Waals surface area contributed by atoms with Crippen LogP contribution in [0.4, 0.5) is 4.39 Å². The van der Waals surface area contributed by atoms with Gasteiger partial charge in [0.1, 0.15) is 0 Å². The summed E-state index contributed by atoms with van der Waals surface area (Å²) in [6.07, 6.45) is 0. The van der Waals surface area contributed by atoms with E-state index in [-0.39, 0.29) is 0 Å². The molecule has 0 spiro atoms. The highest BCUT2D eigenvalue weighted by Gasteiger charge is 2.03. The molecule has 0 atom stereocenters. The summed E-state index contributed by atoms with van der Waals surface area (Å²) < 4.78 is 12.9. The first-order valence-electron chi connectivity index (χ1n) is 4.25. The lowest BCUT2D eigenvalue weighted by Crippen LogP contribution is -1.86. The zero-order valence-electron chi connectivity index (χ0n) is 7.55. The summed E-state index contributed by atoms with van der Waals surface area (Å²) in [5.41, 5.74) is 1.28. The molecule has 0 amide bonds. The zero-order valence-corrected chi connectivity index (χ0v) is 9.06. The molecule has 0 aliphatic rings. The molecule has 1 aromatic carbocycles. The lowest BCUT2D eigenvalue weighted by molar-refractivity contribution is 0.585. The minimum absolute atomic E-state index is 0.431. The standard InChI is InChI=1S/C11H6Cl2FN/c12-8-5-4-7(6-9(8)13)10-2-1-3-11(14)15-10/h1-6H. The fourth-order valence-corrected chi connectivity index (χ4v) is 1.52. The van der Waals surface area contributed by atoms with Crippen LogP contribution in [0.5, 0.6) is 0 Å². The quantitative estimate of drug-likeness (QED) is 0.683. The molecule has 1 heterocycles. The smallest absolute Gasteiger partial charge is 0.213 e. The monoisotopic (exact) mass is 241 g/mol. The first-order valence-corrected chi connectivity index (χ1v) is 5.00. The van der Waals surface area contributed by atoms with Gasteiger partial charge in [-0.1, -0.05) is 35.3 Å². The minimum Gasteiger partial charge on any atom is -0.220 e. The van der Waals surface area contributed by atoms with Crippen molar-refractivity contribution in [3.63, 3.8) is 0 Å². The van der Waals surface area contributed by atoms with Crippen molar-refractivity contribution in [2.24, 2.45) is 0 Å². The largest absolute Gasteiger partial charge is 0.220 e. The maximum Gasteiger partial charge on any atom is 0.213 e. The second-order valence-corrected chi connectivity index (χ2v) is 3.79. The number of hydrogen-bond acceptors (Lipinski definition) is 1. The van der Waals surface area contributed by atoms with Gasteiger partial charge >= 0.3 is 0 Å². The Morgan fingerprint density at radius 2 is 1.80 bits per heavy atom. The van der Waals surface area contributed by atoms with E-state index < -0.39 is 5.95 Å². The van der Waals surface area contributed by atoms with Gasteiger partial charge in [0.15, 0.2) is 0 Å². The molecule has 0 aliphatic carbocycles. The molecule has 0 fully saturated rings. The van der Waals surface area contributed by atoms with Gasteiger partial charge in [-0.25, -0.2) is 4.98 Å². The van der Waals surface area contributed by atoms with Gasteiger partial charge in [-0.3, -0.25) is 0 Å². The van der Waals surface area contributed by atoms with Crippen LogP contribution in [-0.2, 0) is 0 Å². The molecule has 1 nitrogen and oxygen atoms in total. The maximum atomic E-state index is 12.9. The highest BCUT2D eigenvalue weighted by Crippen LogP contribution is 2.27. The number of benzene rings is 1. The maximum absolute atomic E-state index is 12.9. The Morgan fingerprint density at radius 1 is 1.00 bits per heavy atom. The number of halogens is 3. The summed E-state index contributed by atoms with van der Waals surface area (Å²) in [6.45, 7) is 0. The van der Waals surface area contributed by atoms with E-state index in [4.69, 9.17) is 23.2 Å². The molecular weight excluding hydrogens is 236 g/mol. The summed E-state index contributed by atoms with van der Waals surface area (Å²) in [5.74, 6) is -0.515. The Labute approximate surface area is 96.5 Å². The van der Waals surface area contributed by atoms with Crippen LogP contribution in [0.15, 0.2) is 36.4 Å². The van der Waals surface area contributed by atoms with Crippen molar-refractivity contribution in [2.45, 2.75) is 0 Å². The van der Waals surface area contributed by atoms with Gasteiger partial charge in [0.2, 0.25) is 5.95 Å². The summed E-state index contributed by atoms with van der Waals surface area (Å²) in [4.78, 5) is 3.75. The van der Waals surface area contributed by atoms with Gasteiger partial charge < -0.3 is 0 Å². The van der Waals surface area contributed by atoms with Gasteiger partial charge in [0.05, 0.1) is 15.7 Å². The fraction of sp³-hybridized carbons (Fsp3) is 0. The third kappa shape index (κ3) is 2.28. The molecule has 0 radical (unpaired) electrons. The van der Waals surface area contributed by atoms with Gasteiger partial charge in [-0.2, -0.15) is 4.39 Å². The van der Waals surface area contributed by atoms with Crippen molar-refractivity contribution in [3.05, 3.63) is 52.4 Å². The van der Waals surface area contributed by atoms with Crippen LogP contribution in [0.1, 0.15) is 0 Å². The first-order chi connectivity index (χ1) is 7.16. The molecule has 0 N–H and O–H groups in total. The molecule has 0 aliphatic heterocycles. The van der Waals surface area contributed by atoms with Gasteiger partial charge in [-0.05, 0) is 24.3 Å². The second kappa shape index (κ2) is 4.17. The molecule has 4 heteroatoms. The van der Waals surface area contributed by atoms with Crippen molar-refractivity contribution >= 4 is 23.2 Å². The summed E-state index contributed by atoms with van der Waals surface area (Å²) in [6, 6.07) is 9.66. The number of hydrogen-bond donors (Lipinski definition) is 0. The van der Waals surface area contributed by atoms with Crippen molar-refractivity contribution in [3.8, 4) is 11.3 Å². The van der Waals surface area contributed by atoms with Gasteiger partial charge in [0, 0.05) is 5.56 Å². The predicted molar refractivity (Wildman–Crippen MR) is 59.7 cm³/mol. The number of nitrogens with zero attached hydrogens (tertiary/aromatic N) is 1.